The summed E-state index contributed by atoms with van der Waals surface area (Å²) in [5.74, 6) is 0.696. The van der Waals surface area contributed by atoms with Gasteiger partial charge in [0.25, 0.3) is 0 Å². The predicted octanol–water partition coefficient (Wildman–Crippen LogP) is 3.43. The minimum absolute atomic E-state index is 0.696. The van der Waals surface area contributed by atoms with Crippen LogP contribution in [0.1, 0.15) is 17.0 Å². The van der Waals surface area contributed by atoms with Gasteiger partial charge in [-0.3, -0.25) is 0 Å². The van der Waals surface area contributed by atoms with Crippen molar-refractivity contribution in [2.24, 2.45) is 0 Å². The monoisotopic (exact) mass is 259 g/mol. The largest absolute Gasteiger partial charge is 0.350 e. The number of nitrogens with one attached hydrogen (secondary N) is 1. The van der Waals surface area contributed by atoms with Crippen LogP contribution in [0.5, 0.6) is 0 Å². The Morgan fingerprint density at radius 1 is 1.06 bits per heavy atom. The first-order valence-electron chi connectivity index (χ1n) is 5.86. The van der Waals surface area contributed by atoms with Crippen LogP contribution in [-0.4, -0.2) is 16.2 Å². The van der Waals surface area contributed by atoms with Crippen molar-refractivity contribution in [1.29, 1.82) is 0 Å². The third kappa shape index (κ3) is 3.47. The van der Waals surface area contributed by atoms with E-state index in [1.165, 1.54) is 10.5 Å². The lowest BCUT2D eigenvalue weighted by molar-refractivity contribution is 1.00. The van der Waals surface area contributed by atoms with Crippen LogP contribution < -0.4 is 5.32 Å². The van der Waals surface area contributed by atoms with Gasteiger partial charge >= 0.3 is 0 Å². The van der Waals surface area contributed by atoms with Crippen LogP contribution in [0, 0.1) is 13.8 Å². The molecule has 0 radical (unpaired) electrons. The number of hydrogen-bond acceptors (Lipinski definition) is 4. The number of benzene rings is 1. The molecule has 18 heavy (non-hydrogen) atoms. The van der Waals surface area contributed by atoms with Crippen molar-refractivity contribution in [1.82, 2.24) is 9.97 Å². The molecule has 0 unspecified atom stereocenters. The summed E-state index contributed by atoms with van der Waals surface area (Å²) in [7, 11) is 0. The molecular weight excluding hydrogens is 242 g/mol. The average molecular weight is 259 g/mol. The van der Waals surface area contributed by atoms with Gasteiger partial charge in [-0.1, -0.05) is 12.1 Å². The van der Waals surface area contributed by atoms with Gasteiger partial charge < -0.3 is 5.32 Å². The highest BCUT2D eigenvalue weighted by Gasteiger charge is 1.99. The van der Waals surface area contributed by atoms with Gasteiger partial charge in [0.15, 0.2) is 0 Å². The SMILES string of the molecule is CSc1ccc(CNc2nc(C)cc(C)n2)cc1. The molecule has 1 aromatic carbocycles. The van der Waals surface area contributed by atoms with Gasteiger partial charge in [0, 0.05) is 22.8 Å². The molecule has 0 saturated heterocycles. The van der Waals surface area contributed by atoms with Crippen molar-refractivity contribution in [3.05, 3.63) is 47.3 Å². The molecule has 0 atom stereocenters. The fourth-order valence-electron chi connectivity index (χ4n) is 1.73. The molecular formula is C14H17N3S. The first kappa shape index (κ1) is 12.9. The molecule has 2 aromatic rings. The van der Waals surface area contributed by atoms with E-state index < -0.39 is 0 Å². The zero-order valence-electron chi connectivity index (χ0n) is 10.9. The maximum atomic E-state index is 4.36. The van der Waals surface area contributed by atoms with Gasteiger partial charge in [0.1, 0.15) is 0 Å². The zero-order chi connectivity index (χ0) is 13.0. The Kier molecular flexibility index (Phi) is 4.20. The second-order valence-electron chi connectivity index (χ2n) is 4.18. The van der Waals surface area contributed by atoms with Crippen molar-refractivity contribution >= 4 is 17.7 Å². The summed E-state index contributed by atoms with van der Waals surface area (Å²) in [6.07, 6.45) is 2.08. The second kappa shape index (κ2) is 5.87. The number of thioether (sulfide) groups is 1. The smallest absolute Gasteiger partial charge is 0.223 e. The van der Waals surface area contributed by atoms with Crippen LogP contribution >= 0.6 is 11.8 Å². The lowest BCUT2D eigenvalue weighted by atomic mass is 10.2. The van der Waals surface area contributed by atoms with Crippen molar-refractivity contribution < 1.29 is 0 Å². The molecule has 0 bridgehead atoms. The lowest BCUT2D eigenvalue weighted by Gasteiger charge is -2.07. The van der Waals surface area contributed by atoms with E-state index in [1.807, 2.05) is 19.9 Å². The van der Waals surface area contributed by atoms with E-state index in [4.69, 9.17) is 0 Å². The Morgan fingerprint density at radius 3 is 2.22 bits per heavy atom. The molecule has 94 valence electrons. The maximum absolute atomic E-state index is 4.36. The molecule has 4 heteroatoms. The second-order valence-corrected chi connectivity index (χ2v) is 5.06. The molecule has 0 saturated carbocycles. The molecule has 1 aromatic heterocycles. The van der Waals surface area contributed by atoms with Gasteiger partial charge in [-0.05, 0) is 43.9 Å². The van der Waals surface area contributed by atoms with Crippen LogP contribution in [0.3, 0.4) is 0 Å². The van der Waals surface area contributed by atoms with Gasteiger partial charge in [-0.15, -0.1) is 11.8 Å². The van der Waals surface area contributed by atoms with E-state index in [2.05, 4.69) is 45.8 Å². The Bertz CT molecular complexity index is 503. The zero-order valence-corrected chi connectivity index (χ0v) is 11.7. The van der Waals surface area contributed by atoms with E-state index in [0.717, 1.165) is 17.9 Å². The van der Waals surface area contributed by atoms with Crippen molar-refractivity contribution in [2.75, 3.05) is 11.6 Å². The van der Waals surface area contributed by atoms with Crippen LogP contribution in [0.4, 0.5) is 5.95 Å². The van der Waals surface area contributed by atoms with Crippen molar-refractivity contribution in [3.63, 3.8) is 0 Å². The molecule has 1 heterocycles. The summed E-state index contributed by atoms with van der Waals surface area (Å²) < 4.78 is 0. The molecule has 0 aliphatic heterocycles. The molecule has 0 fully saturated rings. The summed E-state index contributed by atoms with van der Waals surface area (Å²) in [4.78, 5) is 9.99. The fraction of sp³-hybridized carbons (Fsp3) is 0.286. The Morgan fingerprint density at radius 2 is 1.67 bits per heavy atom. The molecule has 0 aliphatic carbocycles. The van der Waals surface area contributed by atoms with E-state index >= 15 is 0 Å². The molecule has 3 nitrogen and oxygen atoms in total. The number of hydrogen-bond donors (Lipinski definition) is 1. The van der Waals surface area contributed by atoms with Crippen LogP contribution in [0.25, 0.3) is 0 Å². The maximum Gasteiger partial charge on any atom is 0.223 e. The quantitative estimate of drug-likeness (QED) is 0.854. The van der Waals surface area contributed by atoms with Gasteiger partial charge in [0.05, 0.1) is 0 Å². The average Bonchev–Trinajstić information content (AvgIpc) is 2.36. The van der Waals surface area contributed by atoms with Gasteiger partial charge in [0.2, 0.25) is 5.95 Å². The van der Waals surface area contributed by atoms with E-state index in [9.17, 15) is 0 Å². The standard InChI is InChI=1S/C14H17N3S/c1-10-8-11(2)17-14(16-10)15-9-12-4-6-13(18-3)7-5-12/h4-8H,9H2,1-3H3,(H,15,16,17). The molecule has 0 aliphatic rings. The number of anilines is 1. The summed E-state index contributed by atoms with van der Waals surface area (Å²) >= 11 is 1.75. The highest BCUT2D eigenvalue weighted by molar-refractivity contribution is 7.98. The third-order valence-corrected chi connectivity index (χ3v) is 3.34. The van der Waals surface area contributed by atoms with Crippen molar-refractivity contribution in [2.45, 2.75) is 25.3 Å². The Balaban J connectivity index is 2.01. The number of nitrogens with zero attached hydrogens (tertiary/aromatic N) is 2. The minimum Gasteiger partial charge on any atom is -0.350 e. The van der Waals surface area contributed by atoms with Crippen LogP contribution in [0.15, 0.2) is 35.2 Å². The molecule has 2 rings (SSSR count). The summed E-state index contributed by atoms with van der Waals surface area (Å²) in [6, 6.07) is 10.5. The normalized spacial score (nSPS) is 10.4. The van der Waals surface area contributed by atoms with E-state index in [-0.39, 0.29) is 0 Å². The third-order valence-electron chi connectivity index (χ3n) is 2.59. The first-order chi connectivity index (χ1) is 8.67. The van der Waals surface area contributed by atoms with Crippen LogP contribution in [0.2, 0.25) is 0 Å². The highest BCUT2D eigenvalue weighted by atomic mass is 32.2. The lowest BCUT2D eigenvalue weighted by Crippen LogP contribution is -2.05. The Labute approximate surface area is 112 Å². The first-order valence-corrected chi connectivity index (χ1v) is 7.09. The molecule has 1 N–H and O–H groups in total. The van der Waals surface area contributed by atoms with Gasteiger partial charge in [-0.25, -0.2) is 9.97 Å². The summed E-state index contributed by atoms with van der Waals surface area (Å²) in [5.41, 5.74) is 3.21. The van der Waals surface area contributed by atoms with Crippen molar-refractivity contribution in [3.8, 4) is 0 Å². The summed E-state index contributed by atoms with van der Waals surface area (Å²) in [5, 5.41) is 3.25. The number of aryl methyl sites for hydroxylation is 2. The topological polar surface area (TPSA) is 37.8 Å². The van der Waals surface area contributed by atoms with E-state index in [1.54, 1.807) is 11.8 Å². The predicted molar refractivity (Wildman–Crippen MR) is 77.1 cm³/mol. The Hall–Kier alpha value is -1.55. The molecule has 0 spiro atoms. The van der Waals surface area contributed by atoms with Gasteiger partial charge in [-0.2, -0.15) is 0 Å². The minimum atomic E-state index is 0.696. The highest BCUT2D eigenvalue weighted by Crippen LogP contribution is 2.15. The number of rotatable bonds is 4. The summed E-state index contributed by atoms with van der Waals surface area (Å²) in [6.45, 7) is 4.71. The number of aromatic nitrogens is 2. The fourth-order valence-corrected chi connectivity index (χ4v) is 2.14. The van der Waals surface area contributed by atoms with E-state index in [0.29, 0.717) is 5.95 Å². The molecule has 0 amide bonds. The van der Waals surface area contributed by atoms with Crippen LogP contribution in [-0.2, 0) is 6.54 Å².